The fourth-order valence-corrected chi connectivity index (χ4v) is 2.96. The molecule has 1 aromatic rings. The summed E-state index contributed by atoms with van der Waals surface area (Å²) in [5, 5.41) is 3.61. The van der Waals surface area contributed by atoms with Crippen molar-refractivity contribution in [3.63, 3.8) is 0 Å². The van der Waals surface area contributed by atoms with Crippen LogP contribution in [0.4, 0.5) is 10.8 Å². The van der Waals surface area contributed by atoms with Gasteiger partial charge in [0.25, 0.3) is 0 Å². The van der Waals surface area contributed by atoms with Gasteiger partial charge in [0.1, 0.15) is 10.6 Å². The number of anilines is 2. The Morgan fingerprint density at radius 3 is 2.81 bits per heavy atom. The van der Waals surface area contributed by atoms with E-state index < -0.39 is 5.97 Å². The third-order valence-corrected chi connectivity index (χ3v) is 4.10. The van der Waals surface area contributed by atoms with Crippen molar-refractivity contribution in [2.45, 2.75) is 26.2 Å². The molecule has 0 spiro atoms. The number of nitrogens with one attached hydrogen (secondary N) is 1. The van der Waals surface area contributed by atoms with Crippen molar-refractivity contribution in [3.8, 4) is 0 Å². The van der Waals surface area contributed by atoms with Gasteiger partial charge < -0.3 is 20.7 Å². The molecule has 0 radical (unpaired) electrons. The molecule has 116 valence electrons. The zero-order chi connectivity index (χ0) is 15.2. The second-order valence-corrected chi connectivity index (χ2v) is 5.53. The first kappa shape index (κ1) is 15.6. The molecule has 1 saturated heterocycles. The van der Waals surface area contributed by atoms with Gasteiger partial charge in [-0.15, -0.1) is 0 Å². The van der Waals surface area contributed by atoms with Crippen LogP contribution in [0.1, 0.15) is 36.5 Å². The molecule has 1 aromatic heterocycles. The molecular weight excluding hydrogens is 292 g/mol. The normalized spacial score (nSPS) is 14.2. The number of likely N-dealkylation sites (tertiary alicyclic amines) is 1. The van der Waals surface area contributed by atoms with E-state index in [4.69, 9.17) is 10.5 Å². The van der Waals surface area contributed by atoms with Crippen molar-refractivity contribution < 1.29 is 14.3 Å². The molecule has 21 heavy (non-hydrogen) atoms. The van der Waals surface area contributed by atoms with Crippen LogP contribution in [0.2, 0.25) is 0 Å². The van der Waals surface area contributed by atoms with E-state index in [1.807, 2.05) is 4.90 Å². The summed E-state index contributed by atoms with van der Waals surface area (Å²) in [6.07, 6.45) is 2.55. The molecule has 0 atom stereocenters. The van der Waals surface area contributed by atoms with Gasteiger partial charge in [-0.2, -0.15) is 4.37 Å². The number of carbonyl (C=O) groups is 2. The molecule has 1 aliphatic rings. The smallest absolute Gasteiger partial charge is 0.344 e. The standard InChI is InChI=1S/C13H20N4O3S/c1-2-20-13(19)10-11(14)16-21-12(10)15-6-5-9(18)17-7-3-4-8-17/h15H,2-8H2,1H3,(H2,14,16). The Hall–Kier alpha value is -1.83. The highest BCUT2D eigenvalue weighted by Crippen LogP contribution is 2.27. The summed E-state index contributed by atoms with van der Waals surface area (Å²) in [6, 6.07) is 0. The third-order valence-electron chi connectivity index (χ3n) is 3.28. The van der Waals surface area contributed by atoms with Crippen LogP contribution in [0, 0.1) is 0 Å². The minimum atomic E-state index is -0.489. The van der Waals surface area contributed by atoms with E-state index in [0.717, 1.165) is 37.5 Å². The Morgan fingerprint density at radius 1 is 1.43 bits per heavy atom. The first-order valence-corrected chi connectivity index (χ1v) is 7.84. The first-order chi connectivity index (χ1) is 10.1. The molecule has 0 bridgehead atoms. The fourth-order valence-electron chi connectivity index (χ4n) is 2.23. The van der Waals surface area contributed by atoms with E-state index >= 15 is 0 Å². The lowest BCUT2D eigenvalue weighted by atomic mass is 10.3. The van der Waals surface area contributed by atoms with Crippen LogP contribution >= 0.6 is 11.5 Å². The minimum Gasteiger partial charge on any atom is -0.462 e. The van der Waals surface area contributed by atoms with Gasteiger partial charge in [0.15, 0.2) is 5.82 Å². The molecule has 3 N–H and O–H groups in total. The van der Waals surface area contributed by atoms with Crippen LogP contribution in [0.15, 0.2) is 0 Å². The van der Waals surface area contributed by atoms with Crippen LogP contribution < -0.4 is 11.1 Å². The quantitative estimate of drug-likeness (QED) is 0.769. The number of aromatic nitrogens is 1. The highest BCUT2D eigenvalue weighted by Gasteiger charge is 2.21. The summed E-state index contributed by atoms with van der Waals surface area (Å²) in [4.78, 5) is 25.6. The van der Waals surface area contributed by atoms with Crippen molar-refractivity contribution in [1.82, 2.24) is 9.27 Å². The van der Waals surface area contributed by atoms with Crippen LogP contribution in [0.3, 0.4) is 0 Å². The monoisotopic (exact) mass is 312 g/mol. The molecule has 0 unspecified atom stereocenters. The van der Waals surface area contributed by atoms with Gasteiger partial charge in [0, 0.05) is 26.1 Å². The van der Waals surface area contributed by atoms with E-state index in [1.165, 1.54) is 0 Å². The first-order valence-electron chi connectivity index (χ1n) is 7.07. The number of carbonyl (C=O) groups excluding carboxylic acids is 2. The Balaban J connectivity index is 1.88. The van der Waals surface area contributed by atoms with Crippen molar-refractivity contribution in [3.05, 3.63) is 5.56 Å². The minimum absolute atomic E-state index is 0.134. The number of nitrogens with zero attached hydrogens (tertiary/aromatic N) is 2. The fraction of sp³-hybridized carbons (Fsp3) is 0.615. The summed E-state index contributed by atoms with van der Waals surface area (Å²) in [7, 11) is 0. The van der Waals surface area contributed by atoms with Gasteiger partial charge in [-0.05, 0) is 31.3 Å². The SMILES string of the molecule is CCOC(=O)c1c(N)nsc1NCCC(=O)N1CCCC1. The molecular formula is C13H20N4O3S. The summed E-state index contributed by atoms with van der Waals surface area (Å²) in [5.41, 5.74) is 5.95. The Labute approximate surface area is 127 Å². The number of amides is 1. The molecule has 2 heterocycles. The maximum Gasteiger partial charge on any atom is 0.344 e. The predicted octanol–water partition coefficient (Wildman–Crippen LogP) is 1.33. The molecule has 7 nitrogen and oxygen atoms in total. The van der Waals surface area contributed by atoms with E-state index in [0.29, 0.717) is 18.0 Å². The lowest BCUT2D eigenvalue weighted by Crippen LogP contribution is -2.29. The number of hydrogen-bond donors (Lipinski definition) is 2. The third kappa shape index (κ3) is 3.84. The van der Waals surface area contributed by atoms with Gasteiger partial charge >= 0.3 is 5.97 Å². The zero-order valence-corrected chi connectivity index (χ0v) is 12.9. The molecule has 8 heteroatoms. The van der Waals surface area contributed by atoms with Crippen LogP contribution in [0.25, 0.3) is 0 Å². The number of nitrogens with two attached hydrogens (primary N) is 1. The Bertz CT molecular complexity index is 512. The topological polar surface area (TPSA) is 97.5 Å². The van der Waals surface area contributed by atoms with Gasteiger partial charge in [-0.1, -0.05) is 0 Å². The number of hydrogen-bond acceptors (Lipinski definition) is 7. The van der Waals surface area contributed by atoms with Gasteiger partial charge in [-0.25, -0.2) is 4.79 Å². The summed E-state index contributed by atoms with van der Waals surface area (Å²) in [5.74, 6) is -0.195. The molecule has 1 fully saturated rings. The average Bonchev–Trinajstić information content (AvgIpc) is 3.09. The van der Waals surface area contributed by atoms with E-state index in [-0.39, 0.29) is 23.9 Å². The van der Waals surface area contributed by atoms with Crippen molar-refractivity contribution >= 4 is 34.2 Å². The Morgan fingerprint density at radius 2 is 2.14 bits per heavy atom. The number of esters is 1. The van der Waals surface area contributed by atoms with Crippen LogP contribution in [0.5, 0.6) is 0 Å². The molecule has 0 saturated carbocycles. The maximum absolute atomic E-state index is 11.9. The number of nitrogen functional groups attached to an aromatic ring is 1. The zero-order valence-electron chi connectivity index (χ0n) is 12.1. The summed E-state index contributed by atoms with van der Waals surface area (Å²) < 4.78 is 8.90. The van der Waals surface area contributed by atoms with Crippen molar-refractivity contribution in [2.75, 3.05) is 37.3 Å². The maximum atomic E-state index is 11.9. The number of ether oxygens (including phenoxy) is 1. The highest BCUT2D eigenvalue weighted by atomic mass is 32.1. The van der Waals surface area contributed by atoms with E-state index in [9.17, 15) is 9.59 Å². The van der Waals surface area contributed by atoms with E-state index in [1.54, 1.807) is 6.92 Å². The van der Waals surface area contributed by atoms with Crippen molar-refractivity contribution in [2.24, 2.45) is 0 Å². The summed E-state index contributed by atoms with van der Waals surface area (Å²) >= 11 is 1.10. The van der Waals surface area contributed by atoms with Crippen LogP contribution in [-0.4, -0.2) is 47.4 Å². The molecule has 0 aliphatic carbocycles. The number of rotatable bonds is 6. The predicted molar refractivity (Wildman–Crippen MR) is 81.4 cm³/mol. The van der Waals surface area contributed by atoms with Gasteiger partial charge in [0.05, 0.1) is 6.61 Å². The van der Waals surface area contributed by atoms with E-state index in [2.05, 4.69) is 9.69 Å². The molecule has 2 rings (SSSR count). The van der Waals surface area contributed by atoms with Crippen LogP contribution in [-0.2, 0) is 9.53 Å². The van der Waals surface area contributed by atoms with Gasteiger partial charge in [-0.3, -0.25) is 4.79 Å². The van der Waals surface area contributed by atoms with Crippen molar-refractivity contribution in [1.29, 1.82) is 0 Å². The largest absolute Gasteiger partial charge is 0.462 e. The lowest BCUT2D eigenvalue weighted by Gasteiger charge is -2.15. The second kappa shape index (κ2) is 7.26. The lowest BCUT2D eigenvalue weighted by molar-refractivity contribution is -0.129. The highest BCUT2D eigenvalue weighted by molar-refractivity contribution is 7.11. The Kier molecular flexibility index (Phi) is 5.38. The average molecular weight is 312 g/mol. The van der Waals surface area contributed by atoms with Gasteiger partial charge in [0.2, 0.25) is 5.91 Å². The summed E-state index contributed by atoms with van der Waals surface area (Å²) in [6.45, 7) is 4.15. The molecule has 0 aromatic carbocycles. The molecule has 1 aliphatic heterocycles. The second-order valence-electron chi connectivity index (χ2n) is 4.76. The molecule has 1 amide bonds.